The van der Waals surface area contributed by atoms with Crippen LogP contribution in [0.5, 0.6) is 0 Å². The van der Waals surface area contributed by atoms with Crippen molar-refractivity contribution in [3.05, 3.63) is 40.3 Å². The molecular weight excluding hydrogens is 302 g/mol. The van der Waals surface area contributed by atoms with Crippen LogP contribution < -0.4 is 0 Å². The van der Waals surface area contributed by atoms with Crippen LogP contribution in [0.15, 0.2) is 24.3 Å². The molecule has 0 saturated heterocycles. The molecule has 4 heteroatoms. The van der Waals surface area contributed by atoms with E-state index in [1.165, 1.54) is 34.9 Å². The number of para-hydroxylation sites is 1. The van der Waals surface area contributed by atoms with E-state index >= 15 is 0 Å². The molecule has 1 N–H and O–H groups in total. The maximum Gasteiger partial charge on any atom is 0.221 e. The van der Waals surface area contributed by atoms with Crippen molar-refractivity contribution >= 4 is 34.2 Å². The van der Waals surface area contributed by atoms with Crippen molar-refractivity contribution in [3.63, 3.8) is 0 Å². The highest BCUT2D eigenvalue weighted by Crippen LogP contribution is 2.68. The van der Waals surface area contributed by atoms with Crippen LogP contribution in [0, 0.1) is 10.2 Å². The van der Waals surface area contributed by atoms with E-state index in [-0.39, 0.29) is 10.8 Å². The van der Waals surface area contributed by atoms with Gasteiger partial charge in [-0.3, -0.25) is 0 Å². The molecule has 5 rings (SSSR count). The third-order valence-corrected chi connectivity index (χ3v) is 6.91. The van der Waals surface area contributed by atoms with Gasteiger partial charge in [0.05, 0.1) is 5.69 Å². The minimum Gasteiger partial charge on any atom is -0.339 e. The van der Waals surface area contributed by atoms with Gasteiger partial charge in [0.15, 0.2) is 0 Å². The fraction of sp³-hybridized carbons (Fsp3) is 0.421. The molecule has 1 fully saturated rings. The van der Waals surface area contributed by atoms with Crippen molar-refractivity contribution in [1.29, 1.82) is 0 Å². The van der Waals surface area contributed by atoms with Crippen molar-refractivity contribution < 1.29 is 0 Å². The second-order valence-electron chi connectivity index (χ2n) is 7.81. The highest BCUT2D eigenvalue weighted by molar-refractivity contribution is 7.71. The summed E-state index contributed by atoms with van der Waals surface area (Å²) in [7, 11) is 0. The van der Waals surface area contributed by atoms with Gasteiger partial charge in [0.2, 0.25) is 4.77 Å². The largest absolute Gasteiger partial charge is 0.339 e. The van der Waals surface area contributed by atoms with E-state index in [0.29, 0.717) is 10.7 Å². The molecule has 0 spiro atoms. The summed E-state index contributed by atoms with van der Waals surface area (Å²) in [6, 6.07) is 8.44. The van der Waals surface area contributed by atoms with E-state index in [1.807, 2.05) is 0 Å². The Morgan fingerprint density at radius 1 is 1.17 bits per heavy atom. The fourth-order valence-electron chi connectivity index (χ4n) is 5.07. The Morgan fingerprint density at radius 2 is 1.96 bits per heavy atom. The van der Waals surface area contributed by atoms with Gasteiger partial charge in [0.1, 0.15) is 5.65 Å². The highest BCUT2D eigenvalue weighted by atomic mass is 32.1. The number of fused-ring (bicyclic) bond motifs is 9. The van der Waals surface area contributed by atoms with Gasteiger partial charge in [0.25, 0.3) is 0 Å². The van der Waals surface area contributed by atoms with Crippen molar-refractivity contribution in [1.82, 2.24) is 15.0 Å². The van der Waals surface area contributed by atoms with E-state index < -0.39 is 0 Å². The average Bonchev–Trinajstić information content (AvgIpc) is 2.96. The second-order valence-corrected chi connectivity index (χ2v) is 8.17. The highest BCUT2D eigenvalue weighted by Gasteiger charge is 2.60. The Morgan fingerprint density at radius 3 is 2.78 bits per heavy atom. The lowest BCUT2D eigenvalue weighted by Gasteiger charge is -2.34. The van der Waals surface area contributed by atoms with E-state index in [9.17, 15) is 0 Å². The quantitative estimate of drug-likeness (QED) is 0.591. The minimum absolute atomic E-state index is 0.0898. The summed E-state index contributed by atoms with van der Waals surface area (Å²) in [6.45, 7) is 7.15. The van der Waals surface area contributed by atoms with Gasteiger partial charge in [-0.2, -0.15) is 0 Å². The van der Waals surface area contributed by atoms with Crippen LogP contribution in [-0.4, -0.2) is 15.0 Å². The van der Waals surface area contributed by atoms with Crippen LogP contribution >= 0.6 is 12.2 Å². The summed E-state index contributed by atoms with van der Waals surface area (Å²) in [4.78, 5) is 12.9. The first kappa shape index (κ1) is 13.6. The molecule has 1 aromatic carbocycles. The Labute approximate surface area is 140 Å². The number of hydrogen-bond acceptors (Lipinski definition) is 3. The Balaban J connectivity index is 2.07. The number of aromatic amines is 1. The average molecular weight is 321 g/mol. The first-order valence-corrected chi connectivity index (χ1v) is 8.67. The number of benzene rings is 1. The van der Waals surface area contributed by atoms with Crippen molar-refractivity contribution in [3.8, 4) is 0 Å². The molecule has 2 aliphatic rings. The van der Waals surface area contributed by atoms with Gasteiger partial charge in [-0.15, -0.1) is 0 Å². The van der Waals surface area contributed by atoms with E-state index in [1.54, 1.807) is 0 Å². The normalized spacial score (nSPS) is 27.7. The van der Waals surface area contributed by atoms with E-state index in [0.717, 1.165) is 11.2 Å². The first-order chi connectivity index (χ1) is 10.9. The molecule has 2 aliphatic carbocycles. The maximum atomic E-state index is 5.45. The van der Waals surface area contributed by atoms with Crippen molar-refractivity contribution in [2.45, 2.75) is 44.9 Å². The zero-order chi connectivity index (χ0) is 16.0. The predicted molar refractivity (Wildman–Crippen MR) is 95.3 cm³/mol. The molecule has 116 valence electrons. The fourth-order valence-corrected chi connectivity index (χ4v) is 5.25. The molecule has 2 bridgehead atoms. The number of nitrogens with zero attached hydrogens (tertiary/aromatic N) is 2. The number of H-pyrrole nitrogens is 1. The molecule has 2 unspecified atom stereocenters. The lowest BCUT2D eigenvalue weighted by atomic mass is 9.70. The Kier molecular flexibility index (Phi) is 2.36. The monoisotopic (exact) mass is 321 g/mol. The van der Waals surface area contributed by atoms with Gasteiger partial charge in [0, 0.05) is 21.7 Å². The summed E-state index contributed by atoms with van der Waals surface area (Å²) >= 11 is 5.45. The van der Waals surface area contributed by atoms with Gasteiger partial charge in [-0.1, -0.05) is 39.0 Å². The SMILES string of the molecule is CC12CCC(c3c1nc(=S)nc1[nH]c4ccccc4c31)C2(C)C. The molecular formula is C19H19N3S. The van der Waals surface area contributed by atoms with Crippen LogP contribution in [0.25, 0.3) is 21.9 Å². The maximum absolute atomic E-state index is 5.45. The van der Waals surface area contributed by atoms with Crippen LogP contribution in [0.1, 0.15) is 50.8 Å². The number of nitrogens with one attached hydrogen (secondary N) is 1. The smallest absolute Gasteiger partial charge is 0.221 e. The lowest BCUT2D eigenvalue weighted by molar-refractivity contribution is 0.227. The summed E-state index contributed by atoms with van der Waals surface area (Å²) in [5.74, 6) is 0.528. The van der Waals surface area contributed by atoms with Crippen molar-refractivity contribution in [2.75, 3.05) is 0 Å². The molecule has 1 saturated carbocycles. The van der Waals surface area contributed by atoms with Crippen LogP contribution in [0.4, 0.5) is 0 Å². The molecule has 3 aromatic rings. The third kappa shape index (κ3) is 1.44. The molecule has 2 heterocycles. The van der Waals surface area contributed by atoms with Crippen LogP contribution in [0.2, 0.25) is 0 Å². The van der Waals surface area contributed by atoms with Crippen molar-refractivity contribution in [2.24, 2.45) is 5.41 Å². The Hall–Kier alpha value is -1.81. The van der Waals surface area contributed by atoms with Gasteiger partial charge >= 0.3 is 0 Å². The minimum atomic E-state index is 0.0898. The van der Waals surface area contributed by atoms with E-state index in [2.05, 4.69) is 55.0 Å². The van der Waals surface area contributed by atoms with Crippen LogP contribution in [-0.2, 0) is 5.41 Å². The number of rotatable bonds is 0. The summed E-state index contributed by atoms with van der Waals surface area (Å²) in [6.07, 6.45) is 2.41. The summed E-state index contributed by atoms with van der Waals surface area (Å²) in [5.41, 5.74) is 4.90. The zero-order valence-electron chi connectivity index (χ0n) is 13.6. The molecule has 23 heavy (non-hydrogen) atoms. The molecule has 2 atom stereocenters. The molecule has 3 nitrogen and oxygen atoms in total. The van der Waals surface area contributed by atoms with Gasteiger partial charge in [-0.25, -0.2) is 9.97 Å². The molecule has 0 amide bonds. The number of aromatic nitrogens is 3. The molecule has 0 aliphatic heterocycles. The summed E-state index contributed by atoms with van der Waals surface area (Å²) in [5, 5.41) is 2.48. The summed E-state index contributed by atoms with van der Waals surface area (Å²) < 4.78 is 0.451. The van der Waals surface area contributed by atoms with Crippen LogP contribution in [0.3, 0.4) is 0 Å². The van der Waals surface area contributed by atoms with Gasteiger partial charge in [-0.05, 0) is 48.0 Å². The topological polar surface area (TPSA) is 41.6 Å². The Bertz CT molecular complexity index is 1050. The van der Waals surface area contributed by atoms with E-state index in [4.69, 9.17) is 17.2 Å². The predicted octanol–water partition coefficient (Wildman–Crippen LogP) is 5.02. The molecule has 0 radical (unpaired) electrons. The number of hydrogen-bond donors (Lipinski definition) is 1. The second kappa shape index (κ2) is 3.99. The molecule has 2 aromatic heterocycles. The first-order valence-electron chi connectivity index (χ1n) is 8.27. The van der Waals surface area contributed by atoms with Gasteiger partial charge < -0.3 is 4.98 Å². The third-order valence-electron chi connectivity index (χ3n) is 6.72. The lowest BCUT2D eigenvalue weighted by Crippen LogP contribution is -2.31. The zero-order valence-corrected chi connectivity index (χ0v) is 14.4. The standard InChI is InChI=1S/C19H19N3S/c1-18(2)11-8-9-19(18,3)15-14(11)13-10-6-4-5-7-12(10)20-16(13)22-17(23)21-15/h4-7,11H,8-9H2,1-3H3,(H,20,21,22,23).